The summed E-state index contributed by atoms with van der Waals surface area (Å²) < 4.78 is 0. The summed E-state index contributed by atoms with van der Waals surface area (Å²) in [6.45, 7) is 5.36. The van der Waals surface area contributed by atoms with E-state index in [1.54, 1.807) is 0 Å². The van der Waals surface area contributed by atoms with Gasteiger partial charge in [-0.15, -0.1) is 11.3 Å². The Morgan fingerprint density at radius 2 is 2.24 bits per heavy atom. The van der Waals surface area contributed by atoms with Gasteiger partial charge in [0.05, 0.1) is 6.04 Å². The van der Waals surface area contributed by atoms with E-state index in [-0.39, 0.29) is 0 Å². The predicted molar refractivity (Wildman–Crippen MR) is 87.6 cm³/mol. The van der Waals surface area contributed by atoms with Gasteiger partial charge in [0.2, 0.25) is 5.91 Å². The van der Waals surface area contributed by atoms with Gasteiger partial charge in [-0.3, -0.25) is 4.79 Å². The van der Waals surface area contributed by atoms with Gasteiger partial charge in [-0.25, -0.2) is 0 Å². The first-order valence-electron chi connectivity index (χ1n) is 8.36. The van der Waals surface area contributed by atoms with Crippen LogP contribution in [-0.2, 0) is 11.2 Å². The molecule has 1 atom stereocenters. The number of nitrogens with one attached hydrogen (secondary N) is 1. The molecule has 1 aromatic rings. The number of nitrogens with zero attached hydrogens (tertiary/aromatic N) is 1. The summed E-state index contributed by atoms with van der Waals surface area (Å²) >= 11 is 1.85. The van der Waals surface area contributed by atoms with Crippen molar-refractivity contribution in [3.8, 4) is 0 Å². The molecule has 1 aromatic heterocycles. The molecule has 4 heteroatoms. The normalized spacial score (nSPS) is 23.1. The van der Waals surface area contributed by atoms with Crippen LogP contribution in [0, 0.1) is 5.92 Å². The van der Waals surface area contributed by atoms with E-state index in [4.69, 9.17) is 0 Å². The van der Waals surface area contributed by atoms with Gasteiger partial charge in [0.25, 0.3) is 0 Å². The third-order valence-corrected chi connectivity index (χ3v) is 6.02. The lowest BCUT2D eigenvalue weighted by atomic mass is 9.92. The second kappa shape index (κ2) is 6.93. The number of carbonyl (C=O) groups is 1. The van der Waals surface area contributed by atoms with Crippen molar-refractivity contribution in [3.63, 3.8) is 0 Å². The highest BCUT2D eigenvalue weighted by Gasteiger charge is 2.30. The van der Waals surface area contributed by atoms with E-state index in [2.05, 4.69) is 28.6 Å². The van der Waals surface area contributed by atoms with E-state index in [0.29, 0.717) is 11.9 Å². The molecule has 1 unspecified atom stereocenters. The first-order chi connectivity index (χ1) is 10.3. The van der Waals surface area contributed by atoms with Gasteiger partial charge < -0.3 is 10.2 Å². The molecule has 0 radical (unpaired) electrons. The summed E-state index contributed by atoms with van der Waals surface area (Å²) in [6.07, 6.45) is 6.36. The van der Waals surface area contributed by atoms with Crippen molar-refractivity contribution < 1.29 is 4.79 Å². The number of piperidine rings is 1. The van der Waals surface area contributed by atoms with Gasteiger partial charge in [0.1, 0.15) is 0 Å². The number of thiophene rings is 1. The van der Waals surface area contributed by atoms with Crippen molar-refractivity contribution in [2.24, 2.45) is 5.92 Å². The van der Waals surface area contributed by atoms with E-state index in [1.165, 1.54) is 23.3 Å². The highest BCUT2D eigenvalue weighted by molar-refractivity contribution is 7.10. The van der Waals surface area contributed by atoms with Gasteiger partial charge in [0.15, 0.2) is 0 Å². The monoisotopic (exact) mass is 306 g/mol. The molecule has 2 aliphatic heterocycles. The molecule has 1 fully saturated rings. The summed E-state index contributed by atoms with van der Waals surface area (Å²) in [7, 11) is 0. The van der Waals surface area contributed by atoms with Gasteiger partial charge >= 0.3 is 0 Å². The lowest BCUT2D eigenvalue weighted by molar-refractivity contribution is -0.134. The fraction of sp³-hybridized carbons (Fsp3) is 0.706. The Labute approximate surface area is 131 Å². The summed E-state index contributed by atoms with van der Waals surface area (Å²) in [5.74, 6) is 1.12. The Balaban J connectivity index is 1.59. The van der Waals surface area contributed by atoms with E-state index in [1.807, 2.05) is 11.3 Å². The van der Waals surface area contributed by atoms with Crippen LogP contribution in [0.3, 0.4) is 0 Å². The van der Waals surface area contributed by atoms with Crippen LogP contribution < -0.4 is 5.32 Å². The molecule has 0 aliphatic carbocycles. The molecule has 0 saturated carbocycles. The number of carbonyl (C=O) groups excluding carboxylic acids is 1. The van der Waals surface area contributed by atoms with Gasteiger partial charge in [-0.1, -0.05) is 6.92 Å². The molecule has 2 aliphatic rings. The first-order valence-corrected chi connectivity index (χ1v) is 9.24. The number of hydrogen-bond donors (Lipinski definition) is 1. The maximum absolute atomic E-state index is 12.7. The minimum Gasteiger partial charge on any atom is -0.335 e. The molecule has 1 amide bonds. The van der Waals surface area contributed by atoms with Gasteiger partial charge in [-0.2, -0.15) is 0 Å². The van der Waals surface area contributed by atoms with E-state index >= 15 is 0 Å². The first kappa shape index (κ1) is 15.0. The molecular formula is C17H26N2OS. The molecule has 0 bridgehead atoms. The Kier molecular flexibility index (Phi) is 4.96. The summed E-state index contributed by atoms with van der Waals surface area (Å²) in [5.41, 5.74) is 1.41. The Morgan fingerprint density at radius 3 is 3.00 bits per heavy atom. The Bertz CT molecular complexity index is 479. The lowest BCUT2D eigenvalue weighted by Gasteiger charge is -2.36. The zero-order valence-electron chi connectivity index (χ0n) is 12.9. The smallest absolute Gasteiger partial charge is 0.223 e. The molecule has 1 saturated heterocycles. The largest absolute Gasteiger partial charge is 0.335 e. The summed E-state index contributed by atoms with van der Waals surface area (Å²) in [4.78, 5) is 16.3. The van der Waals surface area contributed by atoms with Crippen molar-refractivity contribution in [2.75, 3.05) is 19.6 Å². The SMILES string of the molecule is CCC1c2ccsc2CCN1C(=O)CCC1CCNCC1. The molecule has 3 rings (SSSR count). The molecule has 0 aromatic carbocycles. The maximum Gasteiger partial charge on any atom is 0.223 e. The van der Waals surface area contributed by atoms with Crippen molar-refractivity contribution in [1.29, 1.82) is 0 Å². The van der Waals surface area contributed by atoms with Crippen molar-refractivity contribution >= 4 is 17.2 Å². The van der Waals surface area contributed by atoms with Crippen LogP contribution in [0.2, 0.25) is 0 Å². The molecule has 3 nitrogen and oxygen atoms in total. The van der Waals surface area contributed by atoms with Crippen LogP contribution in [0.5, 0.6) is 0 Å². The average molecular weight is 306 g/mol. The topological polar surface area (TPSA) is 32.3 Å². The van der Waals surface area contributed by atoms with Gasteiger partial charge in [0, 0.05) is 17.8 Å². The number of fused-ring (bicyclic) bond motifs is 1. The van der Waals surface area contributed by atoms with Crippen LogP contribution in [0.4, 0.5) is 0 Å². The van der Waals surface area contributed by atoms with E-state index in [9.17, 15) is 4.79 Å². The predicted octanol–water partition coefficient (Wildman–Crippen LogP) is 3.36. The van der Waals surface area contributed by atoms with Crippen molar-refractivity contribution in [1.82, 2.24) is 10.2 Å². The third kappa shape index (κ3) is 3.32. The second-order valence-electron chi connectivity index (χ2n) is 6.29. The molecule has 116 valence electrons. The molecular weight excluding hydrogens is 280 g/mol. The minimum atomic E-state index is 0.320. The Morgan fingerprint density at radius 1 is 1.43 bits per heavy atom. The van der Waals surface area contributed by atoms with E-state index in [0.717, 1.165) is 51.2 Å². The zero-order chi connectivity index (χ0) is 14.7. The minimum absolute atomic E-state index is 0.320. The standard InChI is InChI=1S/C17H26N2OS/c1-2-15-14-8-12-21-16(14)7-11-19(15)17(20)4-3-13-5-9-18-10-6-13/h8,12-13,15,18H,2-7,9-11H2,1H3. The quantitative estimate of drug-likeness (QED) is 0.925. The van der Waals surface area contributed by atoms with Crippen molar-refractivity contribution in [3.05, 3.63) is 21.9 Å². The van der Waals surface area contributed by atoms with Crippen LogP contribution in [0.15, 0.2) is 11.4 Å². The number of rotatable bonds is 4. The fourth-order valence-electron chi connectivity index (χ4n) is 3.78. The fourth-order valence-corrected chi connectivity index (χ4v) is 4.70. The molecule has 0 spiro atoms. The van der Waals surface area contributed by atoms with Crippen LogP contribution >= 0.6 is 11.3 Å². The summed E-state index contributed by atoms with van der Waals surface area (Å²) in [5, 5.41) is 5.57. The molecule has 21 heavy (non-hydrogen) atoms. The lowest BCUT2D eigenvalue weighted by Crippen LogP contribution is -2.39. The maximum atomic E-state index is 12.7. The average Bonchev–Trinajstić information content (AvgIpc) is 3.01. The summed E-state index contributed by atoms with van der Waals surface area (Å²) in [6, 6.07) is 2.54. The number of hydrogen-bond acceptors (Lipinski definition) is 3. The van der Waals surface area contributed by atoms with Gasteiger partial charge in [-0.05, 0) is 68.1 Å². The third-order valence-electron chi connectivity index (χ3n) is 5.03. The number of amides is 1. The van der Waals surface area contributed by atoms with E-state index < -0.39 is 0 Å². The van der Waals surface area contributed by atoms with Crippen LogP contribution in [0.1, 0.15) is 55.5 Å². The second-order valence-corrected chi connectivity index (χ2v) is 7.29. The van der Waals surface area contributed by atoms with Crippen molar-refractivity contribution in [2.45, 2.75) is 51.5 Å². The van der Waals surface area contributed by atoms with Crippen LogP contribution in [-0.4, -0.2) is 30.4 Å². The zero-order valence-corrected chi connectivity index (χ0v) is 13.8. The molecule has 3 heterocycles. The Hall–Kier alpha value is -0.870. The van der Waals surface area contributed by atoms with Crippen LogP contribution in [0.25, 0.3) is 0 Å². The highest BCUT2D eigenvalue weighted by atomic mass is 32.1. The molecule has 1 N–H and O–H groups in total. The highest BCUT2D eigenvalue weighted by Crippen LogP contribution is 2.35.